The minimum atomic E-state index is 0.415. The van der Waals surface area contributed by atoms with E-state index in [1.165, 1.54) is 25.0 Å². The van der Waals surface area contributed by atoms with Crippen molar-refractivity contribution in [2.75, 3.05) is 12.3 Å². The zero-order valence-electron chi connectivity index (χ0n) is 7.60. The van der Waals surface area contributed by atoms with Gasteiger partial charge in [0, 0.05) is 11.3 Å². The van der Waals surface area contributed by atoms with E-state index in [1.54, 1.807) is 0 Å². The quantitative estimate of drug-likeness (QED) is 0.693. The van der Waals surface area contributed by atoms with Gasteiger partial charge in [0.25, 0.3) is 0 Å². The normalized spacial score (nSPS) is 32.7. The van der Waals surface area contributed by atoms with Crippen molar-refractivity contribution in [2.45, 2.75) is 37.9 Å². The largest absolute Gasteiger partial charge is 0.329 e. The van der Waals surface area contributed by atoms with Crippen LogP contribution in [0, 0.1) is 5.92 Å². The number of thioether (sulfide) groups is 1. The Morgan fingerprint density at radius 2 is 2.18 bits per heavy atom. The summed E-state index contributed by atoms with van der Waals surface area (Å²) in [4.78, 5) is 0. The van der Waals surface area contributed by atoms with Crippen molar-refractivity contribution in [2.24, 2.45) is 11.7 Å². The van der Waals surface area contributed by atoms with Gasteiger partial charge in [-0.2, -0.15) is 11.8 Å². The Hall–Kier alpha value is 0.310. The van der Waals surface area contributed by atoms with E-state index < -0.39 is 0 Å². The van der Waals surface area contributed by atoms with Crippen LogP contribution in [0.25, 0.3) is 0 Å². The van der Waals surface area contributed by atoms with Crippen molar-refractivity contribution in [3.8, 4) is 0 Å². The summed E-state index contributed by atoms with van der Waals surface area (Å²) >= 11 is 2.09. The van der Waals surface area contributed by atoms with Crippen molar-refractivity contribution in [3.63, 3.8) is 0 Å². The first kappa shape index (κ1) is 9.40. The van der Waals surface area contributed by atoms with Crippen molar-refractivity contribution < 1.29 is 0 Å². The number of hydrogen-bond acceptors (Lipinski definition) is 2. The molecule has 1 unspecified atom stereocenters. The van der Waals surface area contributed by atoms with Crippen LogP contribution in [0.5, 0.6) is 0 Å². The summed E-state index contributed by atoms with van der Waals surface area (Å²) in [7, 11) is 0. The maximum Gasteiger partial charge on any atom is 0.0305 e. The van der Waals surface area contributed by atoms with Gasteiger partial charge in [-0.1, -0.05) is 20.3 Å². The number of hydrogen-bond donors (Lipinski definition) is 1. The molecular weight excluding hydrogens is 154 g/mol. The highest BCUT2D eigenvalue weighted by Crippen LogP contribution is 2.41. The van der Waals surface area contributed by atoms with E-state index >= 15 is 0 Å². The minimum Gasteiger partial charge on any atom is -0.329 e. The molecule has 0 spiro atoms. The molecule has 1 heterocycles. The van der Waals surface area contributed by atoms with Gasteiger partial charge in [0.2, 0.25) is 0 Å². The van der Waals surface area contributed by atoms with E-state index in [-0.39, 0.29) is 0 Å². The third-order valence-corrected chi connectivity index (χ3v) is 4.69. The van der Waals surface area contributed by atoms with E-state index in [0.29, 0.717) is 4.75 Å². The molecule has 0 radical (unpaired) electrons. The molecular formula is C9H19NS. The molecule has 0 aromatic heterocycles. The highest BCUT2D eigenvalue weighted by atomic mass is 32.2. The van der Waals surface area contributed by atoms with Gasteiger partial charge in [0.05, 0.1) is 0 Å². The highest BCUT2D eigenvalue weighted by molar-refractivity contribution is 8.00. The van der Waals surface area contributed by atoms with Crippen LogP contribution < -0.4 is 5.73 Å². The molecule has 1 atom stereocenters. The van der Waals surface area contributed by atoms with E-state index in [4.69, 9.17) is 5.73 Å². The molecule has 0 aromatic rings. The fourth-order valence-electron chi connectivity index (χ4n) is 1.73. The summed E-state index contributed by atoms with van der Waals surface area (Å²) in [5, 5.41) is 0. The first-order valence-electron chi connectivity index (χ1n) is 4.55. The molecule has 0 amide bonds. The Bertz CT molecular complexity index is 117. The zero-order valence-corrected chi connectivity index (χ0v) is 8.41. The van der Waals surface area contributed by atoms with Crippen LogP contribution in [0.4, 0.5) is 0 Å². The van der Waals surface area contributed by atoms with Crippen LogP contribution in [0.15, 0.2) is 0 Å². The van der Waals surface area contributed by atoms with Gasteiger partial charge >= 0.3 is 0 Å². The Morgan fingerprint density at radius 1 is 1.45 bits per heavy atom. The first-order valence-corrected chi connectivity index (χ1v) is 5.54. The Kier molecular flexibility index (Phi) is 3.26. The Labute approximate surface area is 74.1 Å². The van der Waals surface area contributed by atoms with E-state index in [0.717, 1.165) is 12.5 Å². The summed E-state index contributed by atoms with van der Waals surface area (Å²) in [6.45, 7) is 5.45. The third-order valence-electron chi connectivity index (χ3n) is 2.78. The maximum atomic E-state index is 5.82. The van der Waals surface area contributed by atoms with Crippen molar-refractivity contribution in [3.05, 3.63) is 0 Å². The van der Waals surface area contributed by atoms with Gasteiger partial charge in [-0.15, -0.1) is 0 Å². The third kappa shape index (κ3) is 1.91. The lowest BCUT2D eigenvalue weighted by molar-refractivity contribution is 0.393. The van der Waals surface area contributed by atoms with E-state index in [1.807, 2.05) is 0 Å². The zero-order chi connectivity index (χ0) is 8.32. The first-order chi connectivity index (χ1) is 5.21. The molecule has 11 heavy (non-hydrogen) atoms. The van der Waals surface area contributed by atoms with E-state index in [9.17, 15) is 0 Å². The summed E-state index contributed by atoms with van der Waals surface area (Å²) in [6, 6.07) is 0. The molecule has 2 N–H and O–H groups in total. The van der Waals surface area contributed by atoms with Crippen LogP contribution in [0.3, 0.4) is 0 Å². The smallest absolute Gasteiger partial charge is 0.0305 e. The summed E-state index contributed by atoms with van der Waals surface area (Å²) in [6.07, 6.45) is 4.09. The van der Waals surface area contributed by atoms with Gasteiger partial charge in [0.1, 0.15) is 0 Å². The topological polar surface area (TPSA) is 26.0 Å². The standard InChI is InChI=1S/C9H19NS/c1-8(2)9(7-10)5-3-4-6-11-9/h8H,3-7,10H2,1-2H3. The molecule has 1 saturated heterocycles. The average molecular weight is 173 g/mol. The van der Waals surface area contributed by atoms with Gasteiger partial charge in [-0.05, 0) is 24.5 Å². The monoisotopic (exact) mass is 173 g/mol. The van der Waals surface area contributed by atoms with Crippen LogP contribution in [-0.4, -0.2) is 17.0 Å². The molecule has 1 aliphatic heterocycles. The molecule has 1 nitrogen and oxygen atoms in total. The molecule has 1 aliphatic rings. The molecule has 1 rings (SSSR count). The Morgan fingerprint density at radius 3 is 2.45 bits per heavy atom. The van der Waals surface area contributed by atoms with Crippen molar-refractivity contribution in [1.82, 2.24) is 0 Å². The van der Waals surface area contributed by atoms with Crippen LogP contribution >= 0.6 is 11.8 Å². The lowest BCUT2D eigenvalue weighted by Crippen LogP contribution is -2.41. The van der Waals surface area contributed by atoms with Gasteiger partial charge in [-0.3, -0.25) is 0 Å². The fourth-order valence-corrected chi connectivity index (χ4v) is 3.22. The summed E-state index contributed by atoms with van der Waals surface area (Å²) in [5.41, 5.74) is 5.82. The molecule has 1 fully saturated rings. The molecule has 0 aliphatic carbocycles. The van der Waals surface area contributed by atoms with E-state index in [2.05, 4.69) is 25.6 Å². The number of rotatable bonds is 2. The predicted molar refractivity (Wildman–Crippen MR) is 52.9 cm³/mol. The second-order valence-electron chi connectivity index (χ2n) is 3.73. The van der Waals surface area contributed by atoms with Crippen molar-refractivity contribution in [1.29, 1.82) is 0 Å². The molecule has 0 aromatic carbocycles. The van der Waals surface area contributed by atoms with Gasteiger partial charge < -0.3 is 5.73 Å². The van der Waals surface area contributed by atoms with Gasteiger partial charge in [-0.25, -0.2) is 0 Å². The lowest BCUT2D eigenvalue weighted by Gasteiger charge is -2.39. The second kappa shape index (κ2) is 3.81. The minimum absolute atomic E-state index is 0.415. The summed E-state index contributed by atoms with van der Waals surface area (Å²) < 4.78 is 0.415. The highest BCUT2D eigenvalue weighted by Gasteiger charge is 2.34. The SMILES string of the molecule is CC(C)C1(CN)CCCCS1. The average Bonchev–Trinajstić information content (AvgIpc) is 2.05. The van der Waals surface area contributed by atoms with Crippen LogP contribution in [0.1, 0.15) is 33.1 Å². The molecule has 66 valence electrons. The van der Waals surface area contributed by atoms with Crippen LogP contribution in [-0.2, 0) is 0 Å². The number of nitrogens with two attached hydrogens (primary N) is 1. The Balaban J connectivity index is 2.57. The predicted octanol–water partition coefficient (Wildman–Crippen LogP) is 2.26. The molecule has 2 heteroatoms. The summed E-state index contributed by atoms with van der Waals surface area (Å²) in [5.74, 6) is 2.05. The molecule has 0 saturated carbocycles. The van der Waals surface area contributed by atoms with Crippen molar-refractivity contribution >= 4 is 11.8 Å². The maximum absolute atomic E-state index is 5.82. The fraction of sp³-hybridized carbons (Fsp3) is 1.00. The van der Waals surface area contributed by atoms with Crippen LogP contribution in [0.2, 0.25) is 0 Å². The lowest BCUT2D eigenvalue weighted by atomic mass is 9.89. The molecule has 0 bridgehead atoms. The second-order valence-corrected chi connectivity index (χ2v) is 5.24. The van der Waals surface area contributed by atoms with Gasteiger partial charge in [0.15, 0.2) is 0 Å².